The van der Waals surface area contributed by atoms with Crippen LogP contribution < -0.4 is 5.32 Å². The van der Waals surface area contributed by atoms with E-state index in [1.165, 1.54) is 24.3 Å². The Morgan fingerprint density at radius 1 is 1.08 bits per heavy atom. The van der Waals surface area contributed by atoms with Crippen LogP contribution in [0.1, 0.15) is 12.8 Å². The number of carbonyl (C=O) groups excluding carboxylic acids is 1. The third kappa shape index (κ3) is 5.01. The van der Waals surface area contributed by atoms with E-state index in [4.69, 9.17) is 11.6 Å². The number of nitrogens with one attached hydrogen (secondary N) is 1. The van der Waals surface area contributed by atoms with Crippen LogP contribution in [0.25, 0.3) is 0 Å². The van der Waals surface area contributed by atoms with Crippen molar-refractivity contribution in [1.82, 2.24) is 0 Å². The van der Waals surface area contributed by atoms with E-state index in [0.29, 0.717) is 11.1 Å². The molecule has 0 heterocycles. The summed E-state index contributed by atoms with van der Waals surface area (Å²) < 4.78 is 50.4. The van der Waals surface area contributed by atoms with Crippen LogP contribution in [0.15, 0.2) is 47.4 Å². The van der Waals surface area contributed by atoms with Gasteiger partial charge in [-0.2, -0.15) is 0 Å². The number of hydrogen-bond acceptors (Lipinski definition) is 3. The van der Waals surface area contributed by atoms with Gasteiger partial charge in [0, 0.05) is 17.5 Å². The summed E-state index contributed by atoms with van der Waals surface area (Å²) in [4.78, 5) is 11.9. The number of sulfone groups is 1. The van der Waals surface area contributed by atoms with Crippen LogP contribution in [-0.4, -0.2) is 20.1 Å². The van der Waals surface area contributed by atoms with Gasteiger partial charge in [0.1, 0.15) is 11.6 Å². The van der Waals surface area contributed by atoms with Crippen molar-refractivity contribution in [3.05, 3.63) is 59.1 Å². The van der Waals surface area contributed by atoms with Crippen LogP contribution in [-0.2, 0) is 14.6 Å². The number of halogens is 3. The highest BCUT2D eigenvalue weighted by Gasteiger charge is 2.15. The summed E-state index contributed by atoms with van der Waals surface area (Å²) in [7, 11) is -3.52. The van der Waals surface area contributed by atoms with Crippen molar-refractivity contribution in [3.63, 3.8) is 0 Å². The van der Waals surface area contributed by atoms with E-state index in [9.17, 15) is 22.0 Å². The van der Waals surface area contributed by atoms with Crippen LogP contribution in [0, 0.1) is 11.6 Å². The molecule has 0 aliphatic carbocycles. The molecule has 0 fully saturated rings. The summed E-state index contributed by atoms with van der Waals surface area (Å²) in [6, 6.07) is 8.51. The van der Waals surface area contributed by atoms with Crippen LogP contribution in [0.2, 0.25) is 5.02 Å². The topological polar surface area (TPSA) is 63.2 Å². The lowest BCUT2D eigenvalue weighted by Crippen LogP contribution is -2.15. The van der Waals surface area contributed by atoms with E-state index in [1.54, 1.807) is 0 Å². The van der Waals surface area contributed by atoms with Gasteiger partial charge in [-0.3, -0.25) is 4.79 Å². The summed E-state index contributed by atoms with van der Waals surface area (Å²) in [5.41, 5.74) is -0.151. The monoisotopic (exact) mass is 373 g/mol. The van der Waals surface area contributed by atoms with E-state index < -0.39 is 27.4 Å². The molecule has 2 aromatic rings. The predicted molar refractivity (Wildman–Crippen MR) is 87.7 cm³/mol. The van der Waals surface area contributed by atoms with Gasteiger partial charge in [0.05, 0.1) is 16.3 Å². The molecule has 0 bridgehead atoms. The zero-order valence-corrected chi connectivity index (χ0v) is 14.0. The highest BCUT2D eigenvalue weighted by atomic mass is 35.5. The maximum absolute atomic E-state index is 13.4. The Morgan fingerprint density at radius 2 is 1.75 bits per heavy atom. The molecule has 128 valence electrons. The average Bonchev–Trinajstić information content (AvgIpc) is 2.50. The normalized spacial score (nSPS) is 11.3. The Balaban J connectivity index is 1.89. The lowest BCUT2D eigenvalue weighted by atomic mass is 10.2. The van der Waals surface area contributed by atoms with Gasteiger partial charge in [-0.05, 0) is 42.8 Å². The fourth-order valence-corrected chi connectivity index (χ4v) is 3.42. The summed E-state index contributed by atoms with van der Waals surface area (Å²) in [5, 5.41) is 2.70. The minimum Gasteiger partial charge on any atom is -0.324 e. The molecule has 0 saturated carbocycles. The van der Waals surface area contributed by atoms with E-state index in [-0.39, 0.29) is 29.2 Å². The molecular weight excluding hydrogens is 360 g/mol. The van der Waals surface area contributed by atoms with Crippen molar-refractivity contribution < 1.29 is 22.0 Å². The fourth-order valence-electron chi connectivity index (χ4n) is 1.99. The Bertz CT molecular complexity index is 839. The quantitative estimate of drug-likeness (QED) is 0.837. The number of carbonyl (C=O) groups is 1. The van der Waals surface area contributed by atoms with Gasteiger partial charge < -0.3 is 5.32 Å². The summed E-state index contributed by atoms with van der Waals surface area (Å²) in [6.07, 6.45) is -0.0384. The number of benzene rings is 2. The first-order valence-corrected chi connectivity index (χ1v) is 9.04. The highest BCUT2D eigenvalue weighted by molar-refractivity contribution is 7.91. The third-order valence-electron chi connectivity index (χ3n) is 3.19. The van der Waals surface area contributed by atoms with Gasteiger partial charge in [-0.15, -0.1) is 0 Å². The molecule has 24 heavy (non-hydrogen) atoms. The molecule has 8 heteroatoms. The van der Waals surface area contributed by atoms with Gasteiger partial charge in [-0.1, -0.05) is 11.6 Å². The summed E-state index contributed by atoms with van der Waals surface area (Å²) >= 11 is 5.71. The molecule has 2 aromatic carbocycles. The molecule has 0 atom stereocenters. The number of hydrogen-bond donors (Lipinski definition) is 1. The Morgan fingerprint density at radius 3 is 2.38 bits per heavy atom. The minimum atomic E-state index is -3.52. The molecule has 0 spiro atoms. The Kier molecular flexibility index (Phi) is 5.90. The van der Waals surface area contributed by atoms with Crippen molar-refractivity contribution in [2.24, 2.45) is 0 Å². The first-order chi connectivity index (χ1) is 11.3. The number of amides is 1. The summed E-state index contributed by atoms with van der Waals surface area (Å²) in [6.45, 7) is 0. The zero-order valence-electron chi connectivity index (χ0n) is 12.4. The van der Waals surface area contributed by atoms with Crippen LogP contribution >= 0.6 is 11.6 Å². The lowest BCUT2D eigenvalue weighted by molar-refractivity contribution is -0.116. The molecule has 0 radical (unpaired) electrons. The van der Waals surface area contributed by atoms with Crippen molar-refractivity contribution >= 4 is 33.0 Å². The average molecular weight is 374 g/mol. The van der Waals surface area contributed by atoms with E-state index in [1.807, 2.05) is 0 Å². The van der Waals surface area contributed by atoms with Crippen molar-refractivity contribution in [3.8, 4) is 0 Å². The number of anilines is 1. The van der Waals surface area contributed by atoms with Crippen molar-refractivity contribution in [1.29, 1.82) is 0 Å². The number of rotatable bonds is 6. The van der Waals surface area contributed by atoms with E-state index >= 15 is 0 Å². The van der Waals surface area contributed by atoms with E-state index in [0.717, 1.165) is 12.1 Å². The molecule has 0 unspecified atom stereocenters. The second kappa shape index (κ2) is 7.72. The molecule has 0 aliphatic heterocycles. The van der Waals surface area contributed by atoms with E-state index in [2.05, 4.69) is 5.32 Å². The van der Waals surface area contributed by atoms with Gasteiger partial charge in [0.15, 0.2) is 9.84 Å². The molecule has 0 aromatic heterocycles. The maximum Gasteiger partial charge on any atom is 0.224 e. The van der Waals surface area contributed by atoms with Crippen molar-refractivity contribution in [2.75, 3.05) is 11.1 Å². The van der Waals surface area contributed by atoms with Gasteiger partial charge in [0.2, 0.25) is 5.91 Å². The minimum absolute atomic E-state index is 0.0691. The van der Waals surface area contributed by atoms with Crippen LogP contribution in [0.3, 0.4) is 0 Å². The fraction of sp³-hybridized carbons (Fsp3) is 0.188. The summed E-state index contributed by atoms with van der Waals surface area (Å²) in [5.74, 6) is -2.42. The molecule has 1 N–H and O–H groups in total. The molecule has 4 nitrogen and oxygen atoms in total. The zero-order chi connectivity index (χ0) is 17.7. The molecule has 0 aliphatic rings. The van der Waals surface area contributed by atoms with Crippen molar-refractivity contribution in [2.45, 2.75) is 17.7 Å². The van der Waals surface area contributed by atoms with Crippen LogP contribution in [0.5, 0.6) is 0 Å². The Labute approximate surface area is 143 Å². The van der Waals surface area contributed by atoms with Gasteiger partial charge in [0.25, 0.3) is 0 Å². The SMILES string of the molecule is O=C(CCCS(=O)(=O)c1ccc(Cl)cc1)Nc1ccc(F)cc1F. The van der Waals surface area contributed by atoms with Crippen LogP contribution in [0.4, 0.5) is 14.5 Å². The first kappa shape index (κ1) is 18.4. The molecule has 0 saturated heterocycles. The second-order valence-electron chi connectivity index (χ2n) is 5.05. The predicted octanol–water partition coefficient (Wildman–Crippen LogP) is 3.81. The standard InChI is InChI=1S/C16H14ClF2NO3S/c17-11-3-6-13(7-4-11)24(22,23)9-1-2-16(21)20-15-8-5-12(18)10-14(15)19/h3-8,10H,1-2,9H2,(H,20,21). The maximum atomic E-state index is 13.4. The molecular formula is C16H14ClF2NO3S. The highest BCUT2D eigenvalue weighted by Crippen LogP contribution is 2.18. The molecule has 1 amide bonds. The largest absolute Gasteiger partial charge is 0.324 e. The first-order valence-electron chi connectivity index (χ1n) is 7.01. The Hall–Kier alpha value is -1.99. The molecule has 2 rings (SSSR count). The lowest BCUT2D eigenvalue weighted by Gasteiger charge is -2.07. The third-order valence-corrected chi connectivity index (χ3v) is 5.26. The van der Waals surface area contributed by atoms with Gasteiger partial charge in [-0.25, -0.2) is 17.2 Å². The smallest absolute Gasteiger partial charge is 0.224 e. The van der Waals surface area contributed by atoms with Gasteiger partial charge >= 0.3 is 0 Å². The second-order valence-corrected chi connectivity index (χ2v) is 7.59.